The Morgan fingerprint density at radius 1 is 1.14 bits per heavy atom. The fourth-order valence-electron chi connectivity index (χ4n) is 3.87. The number of rotatable bonds is 5. The van der Waals surface area contributed by atoms with E-state index >= 15 is 0 Å². The van der Waals surface area contributed by atoms with Gasteiger partial charge in [-0.15, -0.1) is 0 Å². The fraction of sp³-hybridized carbons (Fsp3) is 0.348. The van der Waals surface area contributed by atoms with Gasteiger partial charge in [-0.25, -0.2) is 0 Å². The number of methoxy groups -OCH3 is 1. The molecule has 0 radical (unpaired) electrons. The maximum absolute atomic E-state index is 13.0. The standard InChI is InChI=1S/C23H25NO5/c1-15-7-5-6-12-24(15)13-17-18(25)11-10-16-22(26)21(14-28-23(16)17)29-20-9-4-3-8-19(20)27-2/h3-4,8-11,14-15,25H,5-7,12-13H2,1-2H3/t15-/m0/s1. The molecule has 0 bridgehead atoms. The summed E-state index contributed by atoms with van der Waals surface area (Å²) in [5.74, 6) is 1.17. The van der Waals surface area contributed by atoms with Gasteiger partial charge in [-0.3, -0.25) is 9.69 Å². The minimum Gasteiger partial charge on any atom is -0.507 e. The Morgan fingerprint density at radius 2 is 1.93 bits per heavy atom. The third-order valence-electron chi connectivity index (χ3n) is 5.58. The number of hydrogen-bond donors (Lipinski definition) is 1. The van der Waals surface area contributed by atoms with Gasteiger partial charge in [0.05, 0.1) is 18.1 Å². The number of piperidine rings is 1. The first-order valence-corrected chi connectivity index (χ1v) is 9.89. The summed E-state index contributed by atoms with van der Waals surface area (Å²) in [6, 6.07) is 10.7. The first kappa shape index (κ1) is 19.3. The fourth-order valence-corrected chi connectivity index (χ4v) is 3.87. The van der Waals surface area contributed by atoms with Crippen molar-refractivity contribution in [3.63, 3.8) is 0 Å². The van der Waals surface area contributed by atoms with Crippen LogP contribution in [0.3, 0.4) is 0 Å². The molecule has 2 aromatic carbocycles. The summed E-state index contributed by atoms with van der Waals surface area (Å²) < 4.78 is 16.9. The van der Waals surface area contributed by atoms with Crippen molar-refractivity contribution >= 4 is 11.0 Å². The quantitative estimate of drug-likeness (QED) is 0.677. The van der Waals surface area contributed by atoms with Crippen LogP contribution in [0.2, 0.25) is 0 Å². The van der Waals surface area contributed by atoms with Crippen LogP contribution in [0.5, 0.6) is 23.0 Å². The predicted molar refractivity (Wildman–Crippen MR) is 111 cm³/mol. The average molecular weight is 395 g/mol. The van der Waals surface area contributed by atoms with Gasteiger partial charge in [0.15, 0.2) is 11.5 Å². The van der Waals surface area contributed by atoms with Crippen molar-refractivity contribution in [2.24, 2.45) is 0 Å². The monoisotopic (exact) mass is 395 g/mol. The highest BCUT2D eigenvalue weighted by Gasteiger charge is 2.22. The number of hydrogen-bond acceptors (Lipinski definition) is 6. The summed E-state index contributed by atoms with van der Waals surface area (Å²) in [6.07, 6.45) is 4.79. The smallest absolute Gasteiger partial charge is 0.235 e. The zero-order valence-corrected chi connectivity index (χ0v) is 16.7. The Morgan fingerprint density at radius 3 is 2.69 bits per heavy atom. The molecule has 6 heteroatoms. The number of nitrogens with zero attached hydrogens (tertiary/aromatic N) is 1. The molecular weight excluding hydrogens is 370 g/mol. The number of para-hydroxylation sites is 2. The SMILES string of the molecule is COc1ccccc1Oc1coc2c(CN3CCCC[C@@H]3C)c(O)ccc2c1=O. The van der Waals surface area contributed by atoms with Crippen molar-refractivity contribution in [1.29, 1.82) is 0 Å². The van der Waals surface area contributed by atoms with Crippen molar-refractivity contribution < 1.29 is 19.0 Å². The molecule has 1 atom stereocenters. The summed E-state index contributed by atoms with van der Waals surface area (Å²) >= 11 is 0. The van der Waals surface area contributed by atoms with Crippen LogP contribution in [0, 0.1) is 0 Å². The van der Waals surface area contributed by atoms with Crippen LogP contribution in [-0.2, 0) is 6.54 Å². The van der Waals surface area contributed by atoms with Gasteiger partial charge in [-0.05, 0) is 50.6 Å². The molecule has 2 heterocycles. The molecule has 29 heavy (non-hydrogen) atoms. The molecule has 1 aliphatic rings. The molecule has 152 valence electrons. The predicted octanol–water partition coefficient (Wildman–Crippen LogP) is 4.67. The molecule has 1 N–H and O–H groups in total. The second-order valence-electron chi connectivity index (χ2n) is 7.44. The summed E-state index contributed by atoms with van der Waals surface area (Å²) in [5, 5.41) is 10.8. The lowest BCUT2D eigenvalue weighted by atomic mass is 10.0. The van der Waals surface area contributed by atoms with Crippen molar-refractivity contribution in [3.8, 4) is 23.0 Å². The highest BCUT2D eigenvalue weighted by Crippen LogP contribution is 2.33. The molecule has 1 aromatic heterocycles. The van der Waals surface area contributed by atoms with E-state index in [1.807, 2.05) is 6.07 Å². The van der Waals surface area contributed by atoms with E-state index in [1.165, 1.54) is 12.7 Å². The topological polar surface area (TPSA) is 72.1 Å². The molecule has 1 saturated heterocycles. The number of ether oxygens (including phenoxy) is 2. The van der Waals surface area contributed by atoms with Gasteiger partial charge >= 0.3 is 0 Å². The van der Waals surface area contributed by atoms with Crippen LogP contribution in [0.15, 0.2) is 51.9 Å². The van der Waals surface area contributed by atoms with Gasteiger partial charge in [0.1, 0.15) is 17.6 Å². The van der Waals surface area contributed by atoms with Crippen LogP contribution in [0.1, 0.15) is 31.7 Å². The first-order valence-electron chi connectivity index (χ1n) is 9.89. The highest BCUT2D eigenvalue weighted by molar-refractivity contribution is 5.83. The maximum Gasteiger partial charge on any atom is 0.235 e. The van der Waals surface area contributed by atoms with Crippen LogP contribution in [-0.4, -0.2) is 29.7 Å². The first-order chi connectivity index (χ1) is 14.1. The number of benzene rings is 2. The van der Waals surface area contributed by atoms with E-state index < -0.39 is 0 Å². The molecule has 3 aromatic rings. The van der Waals surface area contributed by atoms with Crippen molar-refractivity contribution in [1.82, 2.24) is 4.90 Å². The van der Waals surface area contributed by atoms with Gasteiger partial charge < -0.3 is 19.0 Å². The largest absolute Gasteiger partial charge is 0.507 e. The van der Waals surface area contributed by atoms with Gasteiger partial charge in [-0.2, -0.15) is 0 Å². The molecule has 0 spiro atoms. The van der Waals surface area contributed by atoms with Crippen molar-refractivity contribution in [2.75, 3.05) is 13.7 Å². The Balaban J connectivity index is 1.72. The highest BCUT2D eigenvalue weighted by atomic mass is 16.5. The van der Waals surface area contributed by atoms with Crippen LogP contribution in [0.25, 0.3) is 11.0 Å². The molecule has 0 amide bonds. The summed E-state index contributed by atoms with van der Waals surface area (Å²) in [4.78, 5) is 15.3. The molecule has 6 nitrogen and oxygen atoms in total. The summed E-state index contributed by atoms with van der Waals surface area (Å²) in [5.41, 5.74) is 0.752. The van der Waals surface area contributed by atoms with E-state index in [9.17, 15) is 9.90 Å². The van der Waals surface area contributed by atoms with Crippen LogP contribution < -0.4 is 14.9 Å². The van der Waals surface area contributed by atoms with E-state index in [0.717, 1.165) is 19.4 Å². The normalized spacial score (nSPS) is 17.4. The average Bonchev–Trinajstić information content (AvgIpc) is 2.74. The van der Waals surface area contributed by atoms with Crippen LogP contribution >= 0.6 is 0 Å². The molecule has 1 fully saturated rings. The van der Waals surface area contributed by atoms with E-state index in [1.54, 1.807) is 37.4 Å². The van der Waals surface area contributed by atoms with Gasteiger partial charge in [-0.1, -0.05) is 18.6 Å². The van der Waals surface area contributed by atoms with Gasteiger partial charge in [0.2, 0.25) is 11.2 Å². The second kappa shape index (κ2) is 8.17. The zero-order valence-electron chi connectivity index (χ0n) is 16.7. The third kappa shape index (κ3) is 3.80. The van der Waals surface area contributed by atoms with E-state index in [0.29, 0.717) is 40.6 Å². The molecule has 0 saturated carbocycles. The van der Waals surface area contributed by atoms with Gasteiger partial charge in [0.25, 0.3) is 0 Å². The Kier molecular flexibility index (Phi) is 5.45. The number of fused-ring (bicyclic) bond motifs is 1. The Hall–Kier alpha value is -2.99. The van der Waals surface area contributed by atoms with Crippen LogP contribution in [0.4, 0.5) is 0 Å². The van der Waals surface area contributed by atoms with E-state index in [2.05, 4.69) is 11.8 Å². The lowest BCUT2D eigenvalue weighted by Gasteiger charge is -2.33. The summed E-state index contributed by atoms with van der Waals surface area (Å²) in [7, 11) is 1.54. The maximum atomic E-state index is 13.0. The molecule has 0 aliphatic carbocycles. The number of phenolic OH excluding ortho intramolecular Hbond substituents is 1. The van der Waals surface area contributed by atoms with Crippen molar-refractivity contribution in [2.45, 2.75) is 38.8 Å². The zero-order chi connectivity index (χ0) is 20.4. The number of likely N-dealkylation sites (tertiary alicyclic amines) is 1. The minimum absolute atomic E-state index is 0.0741. The number of phenols is 1. The van der Waals surface area contributed by atoms with E-state index in [4.69, 9.17) is 13.9 Å². The Labute approximate surface area is 169 Å². The third-order valence-corrected chi connectivity index (χ3v) is 5.58. The molecule has 4 rings (SSSR count). The van der Waals surface area contributed by atoms with E-state index in [-0.39, 0.29) is 16.9 Å². The second-order valence-corrected chi connectivity index (χ2v) is 7.44. The lowest BCUT2D eigenvalue weighted by molar-refractivity contribution is 0.151. The molecule has 0 unspecified atom stereocenters. The van der Waals surface area contributed by atoms with Gasteiger partial charge in [0, 0.05) is 12.6 Å². The lowest BCUT2D eigenvalue weighted by Crippen LogP contribution is -2.36. The molecular formula is C23H25NO5. The Bertz CT molecular complexity index is 1070. The van der Waals surface area contributed by atoms with Crippen molar-refractivity contribution in [3.05, 3.63) is 58.4 Å². The summed E-state index contributed by atoms with van der Waals surface area (Å²) in [6.45, 7) is 3.70. The molecule has 1 aliphatic heterocycles. The number of aromatic hydroxyl groups is 1. The minimum atomic E-state index is -0.287.